The van der Waals surface area contributed by atoms with Gasteiger partial charge in [0.2, 0.25) is 0 Å². The standard InChI is InChI=1S/C14H17FN2/c15-14-11-17(9-7-13(14)6-8-16)10-12-4-2-1-3-5-12/h1-5,13-14H,6-7,9-11H2. The molecule has 1 aromatic rings. The molecule has 2 unspecified atom stereocenters. The first-order valence-corrected chi connectivity index (χ1v) is 6.07. The minimum atomic E-state index is -0.855. The van der Waals surface area contributed by atoms with Gasteiger partial charge in [0, 0.05) is 25.4 Å². The maximum absolute atomic E-state index is 13.8. The Morgan fingerprint density at radius 1 is 1.35 bits per heavy atom. The van der Waals surface area contributed by atoms with Crippen LogP contribution in [0.15, 0.2) is 30.3 Å². The summed E-state index contributed by atoms with van der Waals surface area (Å²) in [4.78, 5) is 2.13. The van der Waals surface area contributed by atoms with E-state index in [4.69, 9.17) is 5.26 Å². The number of hydrogen-bond donors (Lipinski definition) is 0. The quantitative estimate of drug-likeness (QED) is 0.801. The van der Waals surface area contributed by atoms with E-state index >= 15 is 0 Å². The van der Waals surface area contributed by atoms with E-state index < -0.39 is 6.17 Å². The van der Waals surface area contributed by atoms with Crippen LogP contribution in [-0.2, 0) is 6.54 Å². The fourth-order valence-corrected chi connectivity index (χ4v) is 2.35. The van der Waals surface area contributed by atoms with Crippen molar-refractivity contribution >= 4 is 0 Å². The highest BCUT2D eigenvalue weighted by Crippen LogP contribution is 2.24. The normalized spacial score (nSPS) is 25.4. The van der Waals surface area contributed by atoms with E-state index in [0.717, 1.165) is 19.5 Å². The molecule has 1 aromatic carbocycles. The molecule has 0 radical (unpaired) electrons. The summed E-state index contributed by atoms with van der Waals surface area (Å²) < 4.78 is 13.8. The van der Waals surface area contributed by atoms with Crippen molar-refractivity contribution in [3.05, 3.63) is 35.9 Å². The third-order valence-electron chi connectivity index (χ3n) is 3.36. The Labute approximate surface area is 102 Å². The summed E-state index contributed by atoms with van der Waals surface area (Å²) in [7, 11) is 0. The van der Waals surface area contributed by atoms with E-state index in [1.165, 1.54) is 5.56 Å². The van der Waals surface area contributed by atoms with Crippen molar-refractivity contribution < 1.29 is 4.39 Å². The Morgan fingerprint density at radius 2 is 2.12 bits per heavy atom. The zero-order valence-electron chi connectivity index (χ0n) is 9.85. The van der Waals surface area contributed by atoms with Crippen LogP contribution >= 0.6 is 0 Å². The Kier molecular flexibility index (Phi) is 4.11. The van der Waals surface area contributed by atoms with Crippen molar-refractivity contribution in [1.82, 2.24) is 4.90 Å². The van der Waals surface area contributed by atoms with Gasteiger partial charge in [0.15, 0.2) is 0 Å². The fraction of sp³-hybridized carbons (Fsp3) is 0.500. The molecule has 90 valence electrons. The Morgan fingerprint density at radius 3 is 2.76 bits per heavy atom. The summed E-state index contributed by atoms with van der Waals surface area (Å²) in [5.74, 6) is -0.0629. The maximum atomic E-state index is 13.8. The first-order chi connectivity index (χ1) is 8.29. The number of halogens is 1. The van der Waals surface area contributed by atoms with Crippen LogP contribution in [0, 0.1) is 17.2 Å². The molecule has 1 aliphatic rings. The third-order valence-corrected chi connectivity index (χ3v) is 3.36. The molecule has 0 bridgehead atoms. The second kappa shape index (κ2) is 5.79. The van der Waals surface area contributed by atoms with Crippen molar-refractivity contribution in [3.8, 4) is 6.07 Å². The summed E-state index contributed by atoms with van der Waals surface area (Å²) in [6.07, 6.45) is 0.286. The lowest BCUT2D eigenvalue weighted by Gasteiger charge is -2.33. The molecule has 1 aliphatic heterocycles. The van der Waals surface area contributed by atoms with Gasteiger partial charge in [-0.15, -0.1) is 0 Å². The summed E-state index contributed by atoms with van der Waals surface area (Å²) in [5.41, 5.74) is 1.22. The molecular weight excluding hydrogens is 215 g/mol. The van der Waals surface area contributed by atoms with Crippen LogP contribution in [0.2, 0.25) is 0 Å². The molecule has 0 aromatic heterocycles. The lowest BCUT2D eigenvalue weighted by molar-refractivity contribution is 0.0821. The smallest absolute Gasteiger partial charge is 0.117 e. The molecule has 1 fully saturated rings. The second-order valence-corrected chi connectivity index (χ2v) is 4.65. The molecule has 3 heteroatoms. The minimum absolute atomic E-state index is 0.0629. The van der Waals surface area contributed by atoms with Crippen LogP contribution in [0.25, 0.3) is 0 Å². The van der Waals surface area contributed by atoms with Gasteiger partial charge in [-0.05, 0) is 18.5 Å². The van der Waals surface area contributed by atoms with Gasteiger partial charge in [0.05, 0.1) is 6.07 Å². The number of piperidine rings is 1. The highest BCUT2D eigenvalue weighted by Gasteiger charge is 2.28. The number of nitrogens with zero attached hydrogens (tertiary/aromatic N) is 2. The van der Waals surface area contributed by atoms with Crippen molar-refractivity contribution in [3.63, 3.8) is 0 Å². The van der Waals surface area contributed by atoms with Crippen LogP contribution in [0.5, 0.6) is 0 Å². The average molecular weight is 232 g/mol. The number of likely N-dealkylation sites (tertiary alicyclic amines) is 1. The van der Waals surface area contributed by atoms with Crippen molar-refractivity contribution in [1.29, 1.82) is 5.26 Å². The Hall–Kier alpha value is -1.40. The van der Waals surface area contributed by atoms with Gasteiger partial charge >= 0.3 is 0 Å². The Bertz CT molecular complexity index is 385. The maximum Gasteiger partial charge on any atom is 0.117 e. The van der Waals surface area contributed by atoms with Crippen LogP contribution in [-0.4, -0.2) is 24.2 Å². The van der Waals surface area contributed by atoms with E-state index in [-0.39, 0.29) is 5.92 Å². The van der Waals surface area contributed by atoms with Crippen molar-refractivity contribution in [2.45, 2.75) is 25.6 Å². The number of hydrogen-bond acceptors (Lipinski definition) is 2. The van der Waals surface area contributed by atoms with E-state index in [0.29, 0.717) is 13.0 Å². The zero-order valence-corrected chi connectivity index (χ0v) is 9.85. The van der Waals surface area contributed by atoms with Gasteiger partial charge in [0.1, 0.15) is 6.17 Å². The SMILES string of the molecule is N#CCC1CCN(Cc2ccccc2)CC1F. The average Bonchev–Trinajstić information content (AvgIpc) is 2.34. The van der Waals surface area contributed by atoms with Gasteiger partial charge in [-0.3, -0.25) is 4.90 Å². The van der Waals surface area contributed by atoms with Gasteiger partial charge in [0.25, 0.3) is 0 Å². The van der Waals surface area contributed by atoms with E-state index in [9.17, 15) is 4.39 Å². The number of rotatable bonds is 3. The van der Waals surface area contributed by atoms with Crippen LogP contribution < -0.4 is 0 Å². The van der Waals surface area contributed by atoms with Crippen molar-refractivity contribution in [2.75, 3.05) is 13.1 Å². The van der Waals surface area contributed by atoms with Crippen molar-refractivity contribution in [2.24, 2.45) is 5.92 Å². The summed E-state index contributed by atoms with van der Waals surface area (Å²) in [6, 6.07) is 12.2. The lowest BCUT2D eigenvalue weighted by Crippen LogP contribution is -2.41. The summed E-state index contributed by atoms with van der Waals surface area (Å²) in [5, 5.41) is 8.61. The topological polar surface area (TPSA) is 27.0 Å². The Balaban J connectivity index is 1.88. The highest BCUT2D eigenvalue weighted by molar-refractivity contribution is 5.14. The molecular formula is C14H17FN2. The molecule has 0 saturated carbocycles. The van der Waals surface area contributed by atoms with E-state index in [1.807, 2.05) is 18.2 Å². The molecule has 17 heavy (non-hydrogen) atoms. The van der Waals surface area contributed by atoms with E-state index in [2.05, 4.69) is 23.1 Å². The predicted molar refractivity (Wildman–Crippen MR) is 65.0 cm³/mol. The predicted octanol–water partition coefficient (Wildman–Crippen LogP) is 2.76. The summed E-state index contributed by atoms with van der Waals surface area (Å²) in [6.45, 7) is 2.16. The largest absolute Gasteiger partial charge is 0.296 e. The molecule has 1 saturated heterocycles. The number of alkyl halides is 1. The van der Waals surface area contributed by atoms with E-state index in [1.54, 1.807) is 0 Å². The first-order valence-electron chi connectivity index (χ1n) is 6.07. The molecule has 2 nitrogen and oxygen atoms in total. The van der Waals surface area contributed by atoms with Gasteiger partial charge in [-0.25, -0.2) is 4.39 Å². The molecule has 1 heterocycles. The number of nitriles is 1. The monoisotopic (exact) mass is 232 g/mol. The molecule has 0 N–H and O–H groups in total. The molecule has 0 amide bonds. The number of benzene rings is 1. The summed E-state index contributed by atoms with van der Waals surface area (Å²) >= 11 is 0. The molecule has 0 spiro atoms. The van der Waals surface area contributed by atoms with Crippen LogP contribution in [0.1, 0.15) is 18.4 Å². The fourth-order valence-electron chi connectivity index (χ4n) is 2.35. The van der Waals surface area contributed by atoms with Gasteiger partial charge < -0.3 is 0 Å². The van der Waals surface area contributed by atoms with Crippen LogP contribution in [0.3, 0.4) is 0 Å². The lowest BCUT2D eigenvalue weighted by atomic mass is 9.92. The second-order valence-electron chi connectivity index (χ2n) is 4.65. The third kappa shape index (κ3) is 3.28. The van der Waals surface area contributed by atoms with Gasteiger partial charge in [-0.2, -0.15) is 5.26 Å². The zero-order chi connectivity index (χ0) is 12.1. The molecule has 2 rings (SSSR count). The molecule has 0 aliphatic carbocycles. The molecule has 2 atom stereocenters. The highest BCUT2D eigenvalue weighted by atomic mass is 19.1. The van der Waals surface area contributed by atoms with Crippen LogP contribution in [0.4, 0.5) is 4.39 Å². The first kappa shape index (κ1) is 12.1. The van der Waals surface area contributed by atoms with Gasteiger partial charge in [-0.1, -0.05) is 30.3 Å². The minimum Gasteiger partial charge on any atom is -0.296 e.